The summed E-state index contributed by atoms with van der Waals surface area (Å²) in [5, 5.41) is 5.26. The summed E-state index contributed by atoms with van der Waals surface area (Å²) in [6.07, 6.45) is 0. The Morgan fingerprint density at radius 3 is 2.48 bits per heavy atom. The average molecular weight is 460 g/mol. The van der Waals surface area contributed by atoms with Crippen LogP contribution in [0.2, 0.25) is 10.0 Å². The molecule has 1 amide bonds. The topological polar surface area (TPSA) is 58.8 Å². The first-order valence-electron chi connectivity index (χ1n) is 10.1. The first-order chi connectivity index (χ1) is 15.0. The van der Waals surface area contributed by atoms with Crippen molar-refractivity contribution in [3.63, 3.8) is 0 Å². The van der Waals surface area contributed by atoms with Gasteiger partial charge in [0.05, 0.1) is 10.6 Å². The number of aryl methyl sites for hydroxylation is 1. The molecule has 8 heteroatoms. The Hall–Kier alpha value is -2.54. The van der Waals surface area contributed by atoms with Gasteiger partial charge >= 0.3 is 0 Å². The van der Waals surface area contributed by atoms with Gasteiger partial charge in [-0.3, -0.25) is 9.69 Å². The molecule has 31 heavy (non-hydrogen) atoms. The molecule has 4 rings (SSSR count). The summed E-state index contributed by atoms with van der Waals surface area (Å²) in [6, 6.07) is 15.1. The number of para-hydroxylation sites is 1. The molecular weight excluding hydrogens is 437 g/mol. The van der Waals surface area contributed by atoms with Crippen molar-refractivity contribution in [2.45, 2.75) is 20.1 Å². The zero-order valence-electron chi connectivity index (χ0n) is 17.2. The van der Waals surface area contributed by atoms with Gasteiger partial charge in [-0.15, -0.1) is 0 Å². The molecule has 0 bridgehead atoms. The van der Waals surface area contributed by atoms with Crippen LogP contribution in [0.15, 0.2) is 53.1 Å². The SMILES string of the molecule is Cc1onc(C(=O)N2CCN(Cc3ccc(Cl)cc3)CC2)c1COc1ccccc1Cl. The van der Waals surface area contributed by atoms with Gasteiger partial charge < -0.3 is 14.2 Å². The molecule has 0 aliphatic carbocycles. The molecule has 0 N–H and O–H groups in total. The quantitative estimate of drug-likeness (QED) is 0.528. The molecule has 0 spiro atoms. The van der Waals surface area contributed by atoms with Crippen LogP contribution < -0.4 is 4.74 Å². The maximum Gasteiger partial charge on any atom is 0.276 e. The molecule has 1 saturated heterocycles. The number of nitrogens with zero attached hydrogens (tertiary/aromatic N) is 3. The Morgan fingerprint density at radius 2 is 1.77 bits per heavy atom. The van der Waals surface area contributed by atoms with Crippen LogP contribution in [0.5, 0.6) is 5.75 Å². The molecule has 0 radical (unpaired) electrons. The minimum absolute atomic E-state index is 0.138. The standard InChI is InChI=1S/C23H23Cl2N3O3/c1-16-19(15-30-21-5-3-2-4-20(21)25)22(26-31-16)23(29)28-12-10-27(11-13-28)14-17-6-8-18(24)9-7-17/h2-9H,10-15H2,1H3. The summed E-state index contributed by atoms with van der Waals surface area (Å²) >= 11 is 12.1. The summed E-state index contributed by atoms with van der Waals surface area (Å²) in [4.78, 5) is 17.2. The number of aromatic nitrogens is 1. The van der Waals surface area contributed by atoms with E-state index in [4.69, 9.17) is 32.5 Å². The Bertz CT molecular complexity index is 1040. The minimum Gasteiger partial charge on any atom is -0.487 e. The summed E-state index contributed by atoms with van der Waals surface area (Å²) in [5.74, 6) is 0.983. The number of ether oxygens (including phenoxy) is 1. The van der Waals surface area contributed by atoms with Gasteiger partial charge in [0.25, 0.3) is 5.91 Å². The van der Waals surface area contributed by atoms with E-state index < -0.39 is 0 Å². The number of carbonyl (C=O) groups excluding carboxylic acids is 1. The average Bonchev–Trinajstić information content (AvgIpc) is 3.15. The number of hydrogen-bond acceptors (Lipinski definition) is 5. The van der Waals surface area contributed by atoms with Crippen LogP contribution in [0.25, 0.3) is 0 Å². The molecule has 2 aromatic carbocycles. The van der Waals surface area contributed by atoms with E-state index in [1.165, 1.54) is 5.56 Å². The third kappa shape index (κ3) is 5.21. The maximum atomic E-state index is 13.1. The summed E-state index contributed by atoms with van der Waals surface area (Å²) in [7, 11) is 0. The molecule has 1 aliphatic heterocycles. The number of rotatable bonds is 6. The molecule has 0 saturated carbocycles. The van der Waals surface area contributed by atoms with Gasteiger partial charge in [0.15, 0.2) is 5.69 Å². The Labute approximate surface area is 191 Å². The smallest absolute Gasteiger partial charge is 0.276 e. The number of halogens is 2. The van der Waals surface area contributed by atoms with Crippen molar-refractivity contribution in [2.24, 2.45) is 0 Å². The Morgan fingerprint density at radius 1 is 1.06 bits per heavy atom. The minimum atomic E-state index is -0.138. The molecule has 0 atom stereocenters. The van der Waals surface area contributed by atoms with Gasteiger partial charge in [-0.2, -0.15) is 0 Å². The van der Waals surface area contributed by atoms with E-state index in [1.54, 1.807) is 19.1 Å². The van der Waals surface area contributed by atoms with E-state index in [1.807, 2.05) is 41.3 Å². The predicted molar refractivity (Wildman–Crippen MR) is 120 cm³/mol. The van der Waals surface area contributed by atoms with Gasteiger partial charge in [0.2, 0.25) is 0 Å². The molecule has 162 valence electrons. The lowest BCUT2D eigenvalue weighted by Gasteiger charge is -2.34. The fourth-order valence-electron chi connectivity index (χ4n) is 3.55. The second-order valence-corrected chi connectivity index (χ2v) is 8.32. The van der Waals surface area contributed by atoms with Gasteiger partial charge in [-0.1, -0.05) is 52.6 Å². The maximum absolute atomic E-state index is 13.1. The van der Waals surface area contributed by atoms with Crippen molar-refractivity contribution >= 4 is 29.1 Å². The van der Waals surface area contributed by atoms with Crippen LogP contribution in [0.1, 0.15) is 27.4 Å². The molecule has 3 aromatic rings. The Balaban J connectivity index is 1.37. The fraction of sp³-hybridized carbons (Fsp3) is 0.304. The number of hydrogen-bond donors (Lipinski definition) is 0. The fourth-order valence-corrected chi connectivity index (χ4v) is 3.86. The molecule has 0 unspecified atom stereocenters. The van der Waals surface area contributed by atoms with Crippen molar-refractivity contribution in [1.82, 2.24) is 15.0 Å². The van der Waals surface area contributed by atoms with Gasteiger partial charge in [0, 0.05) is 37.7 Å². The third-order valence-electron chi connectivity index (χ3n) is 5.37. The second kappa shape index (κ2) is 9.73. The summed E-state index contributed by atoms with van der Waals surface area (Å²) in [5.41, 5.74) is 2.15. The highest BCUT2D eigenvalue weighted by atomic mass is 35.5. The number of carbonyl (C=O) groups is 1. The van der Waals surface area contributed by atoms with Gasteiger partial charge in [0.1, 0.15) is 18.1 Å². The van der Waals surface area contributed by atoms with E-state index in [2.05, 4.69) is 10.1 Å². The van der Waals surface area contributed by atoms with Crippen LogP contribution in [0, 0.1) is 6.92 Å². The number of piperazine rings is 1. The van der Waals surface area contributed by atoms with E-state index in [0.29, 0.717) is 40.9 Å². The van der Waals surface area contributed by atoms with Crippen LogP contribution in [0.4, 0.5) is 0 Å². The van der Waals surface area contributed by atoms with Crippen molar-refractivity contribution in [3.8, 4) is 5.75 Å². The first-order valence-corrected chi connectivity index (χ1v) is 10.9. The predicted octanol–water partition coefficient (Wildman–Crippen LogP) is 4.83. The zero-order chi connectivity index (χ0) is 21.8. The normalized spacial score (nSPS) is 14.6. The first kappa shape index (κ1) is 21.7. The van der Waals surface area contributed by atoms with E-state index in [9.17, 15) is 4.79 Å². The summed E-state index contributed by atoms with van der Waals surface area (Å²) < 4.78 is 11.1. The van der Waals surface area contributed by atoms with Gasteiger partial charge in [-0.05, 0) is 36.8 Å². The van der Waals surface area contributed by atoms with Crippen molar-refractivity contribution < 1.29 is 14.1 Å². The van der Waals surface area contributed by atoms with Crippen LogP contribution >= 0.6 is 23.2 Å². The zero-order valence-corrected chi connectivity index (χ0v) is 18.7. The summed E-state index contributed by atoms with van der Waals surface area (Å²) in [6.45, 7) is 5.61. The third-order valence-corrected chi connectivity index (χ3v) is 5.94. The van der Waals surface area contributed by atoms with Crippen molar-refractivity contribution in [3.05, 3.63) is 81.2 Å². The number of amides is 1. The van der Waals surface area contributed by atoms with E-state index in [-0.39, 0.29) is 12.5 Å². The molecule has 2 heterocycles. The molecular formula is C23H23Cl2N3O3. The lowest BCUT2D eigenvalue weighted by molar-refractivity contribution is 0.0616. The van der Waals surface area contributed by atoms with Crippen molar-refractivity contribution in [1.29, 1.82) is 0 Å². The van der Waals surface area contributed by atoms with Gasteiger partial charge in [-0.25, -0.2) is 0 Å². The molecule has 1 fully saturated rings. The number of benzene rings is 2. The highest BCUT2D eigenvalue weighted by molar-refractivity contribution is 6.32. The van der Waals surface area contributed by atoms with Crippen LogP contribution in [-0.2, 0) is 13.2 Å². The molecule has 1 aliphatic rings. The largest absolute Gasteiger partial charge is 0.487 e. The monoisotopic (exact) mass is 459 g/mol. The van der Waals surface area contributed by atoms with Crippen LogP contribution in [-0.4, -0.2) is 47.0 Å². The second-order valence-electron chi connectivity index (χ2n) is 7.48. The Kier molecular flexibility index (Phi) is 6.80. The van der Waals surface area contributed by atoms with Crippen LogP contribution in [0.3, 0.4) is 0 Å². The lowest BCUT2D eigenvalue weighted by Crippen LogP contribution is -2.48. The van der Waals surface area contributed by atoms with E-state index >= 15 is 0 Å². The van der Waals surface area contributed by atoms with Crippen molar-refractivity contribution in [2.75, 3.05) is 26.2 Å². The lowest BCUT2D eigenvalue weighted by atomic mass is 10.1. The highest BCUT2D eigenvalue weighted by Gasteiger charge is 2.28. The van der Waals surface area contributed by atoms with E-state index in [0.717, 1.165) is 24.7 Å². The molecule has 1 aromatic heterocycles. The highest BCUT2D eigenvalue weighted by Crippen LogP contribution is 2.26. The molecule has 6 nitrogen and oxygen atoms in total.